The third-order valence-electron chi connectivity index (χ3n) is 26.9. The fourth-order valence-electron chi connectivity index (χ4n) is 20.4. The van der Waals surface area contributed by atoms with Gasteiger partial charge < -0.3 is 158 Å². The van der Waals surface area contributed by atoms with E-state index in [1.54, 1.807) is 24.3 Å². The average Bonchev–Trinajstić information content (AvgIpc) is 0.668. The van der Waals surface area contributed by atoms with Crippen LogP contribution in [0.15, 0.2) is 42.0 Å². The van der Waals surface area contributed by atoms with Crippen molar-refractivity contribution in [1.29, 1.82) is 0 Å². The molecule has 39 atom stereocenters. The van der Waals surface area contributed by atoms with Crippen LogP contribution in [0, 0.1) is 50.2 Å². The Morgan fingerprint density at radius 1 is 0.527 bits per heavy atom. The molecule has 1 aromatic rings. The maximum Gasteiger partial charge on any atom is 0.331 e. The van der Waals surface area contributed by atoms with Gasteiger partial charge in [0.25, 0.3) is 0 Å². The van der Waals surface area contributed by atoms with Crippen molar-refractivity contribution in [3.05, 3.63) is 47.6 Å². The lowest BCUT2D eigenvalue weighted by atomic mass is 9.33. The first-order chi connectivity index (χ1) is 51.8. The number of carbonyl (C=O) groups excluding carboxylic acids is 2. The first-order valence-corrected chi connectivity index (χ1v) is 38.0. The van der Waals surface area contributed by atoms with Gasteiger partial charge in [-0.25, -0.2) is 4.79 Å². The number of aliphatic carboxylic acids is 1. The van der Waals surface area contributed by atoms with Crippen LogP contribution in [0.2, 0.25) is 0 Å². The van der Waals surface area contributed by atoms with Gasteiger partial charge in [-0.15, -0.1) is 0 Å². The summed E-state index contributed by atoms with van der Waals surface area (Å²) in [7, 11) is 1.50. The number of allylic oxidation sites excluding steroid dienone is 1. The molecule has 110 heavy (non-hydrogen) atoms. The topological polar surface area (TPSA) is 545 Å². The Hall–Kier alpha value is -4.21. The van der Waals surface area contributed by atoms with Crippen molar-refractivity contribution >= 4 is 24.0 Å². The van der Waals surface area contributed by atoms with E-state index in [0.29, 0.717) is 37.0 Å². The molecule has 0 radical (unpaired) electrons. The standard InChI is InChI=1S/C75H112O35/c1-30-44(81)48(85)52(89)63(99-30)107-59-47(84)39(27-77)103-66(56(59)93)104-40-28-98-62(51(88)46(40)83)106-57-31(2)100-64(54(91)50(57)87)108-60-55(92)58(105-43(80)17-12-33-10-13-34(97-9)14-11-33)32(3)101-67(60)110-69(96)74-21-20-70(4,5)24-36(74)35-15-16-41-71(6)25-37(79)61(109-65-53(90)49(86)45(82)38(26-76)102-65)73(8,68(94)95)42(71)18-19-72(41,7)75(35,29-78)23-22-74/h10-15,17,30-32,36-42,44-67,76-79,81-93H,16,18-29H2,1-9H3,(H,94,95). The second-order valence-electron chi connectivity index (χ2n) is 33.7. The van der Waals surface area contributed by atoms with Crippen molar-refractivity contribution in [3.8, 4) is 5.75 Å². The van der Waals surface area contributed by atoms with E-state index >= 15 is 4.79 Å². The number of rotatable bonds is 20. The first-order valence-electron chi connectivity index (χ1n) is 38.0. The van der Waals surface area contributed by atoms with Crippen LogP contribution < -0.4 is 4.74 Å². The van der Waals surface area contributed by atoms with E-state index in [0.717, 1.165) is 11.6 Å². The van der Waals surface area contributed by atoms with Crippen LogP contribution in [-0.4, -0.2) is 334 Å². The molecule has 6 heterocycles. The highest BCUT2D eigenvalue weighted by Crippen LogP contribution is 2.76. The molecular formula is C75H112O35. The molecule has 1 aromatic carbocycles. The fourth-order valence-corrected chi connectivity index (χ4v) is 20.4. The fraction of sp³-hybridized carbons (Fsp3) is 0.827. The van der Waals surface area contributed by atoms with E-state index in [1.807, 2.05) is 6.92 Å². The number of aliphatic hydroxyl groups is 17. The summed E-state index contributed by atoms with van der Waals surface area (Å²) in [6.07, 6.45) is -46.2. The zero-order chi connectivity index (χ0) is 80.1. The van der Waals surface area contributed by atoms with Crippen LogP contribution in [0.4, 0.5) is 0 Å². The molecule has 18 N–H and O–H groups in total. The van der Waals surface area contributed by atoms with Gasteiger partial charge in [0.15, 0.2) is 43.7 Å². The van der Waals surface area contributed by atoms with Crippen LogP contribution in [0.1, 0.15) is 119 Å². The van der Waals surface area contributed by atoms with Crippen molar-refractivity contribution < 1.29 is 173 Å². The molecule has 11 aliphatic rings. The summed E-state index contributed by atoms with van der Waals surface area (Å²) in [5.41, 5.74) is -5.03. The summed E-state index contributed by atoms with van der Waals surface area (Å²) in [5, 5.41) is 202. The van der Waals surface area contributed by atoms with Crippen LogP contribution in [0.3, 0.4) is 0 Å². The van der Waals surface area contributed by atoms with Crippen LogP contribution in [0.25, 0.3) is 6.08 Å². The van der Waals surface area contributed by atoms with Crippen molar-refractivity contribution in [2.75, 3.05) is 33.5 Å². The van der Waals surface area contributed by atoms with Gasteiger partial charge in [-0.3, -0.25) is 9.59 Å². The minimum absolute atomic E-state index is 0.00519. The molecule has 0 spiro atoms. The van der Waals surface area contributed by atoms with Gasteiger partial charge in [0, 0.05) is 11.5 Å². The third-order valence-corrected chi connectivity index (χ3v) is 26.9. The molecule has 6 aliphatic heterocycles. The van der Waals surface area contributed by atoms with Crippen molar-refractivity contribution in [2.24, 2.45) is 50.2 Å². The second-order valence-corrected chi connectivity index (χ2v) is 33.7. The predicted octanol–water partition coefficient (Wildman–Crippen LogP) is -3.38. The SMILES string of the molecule is COc1ccc(C=CC(=O)OC2C(C)OC(OC(=O)C34CCC(C)(C)CC3C3=CCC5C6(C)CC(O)C(OC7OC(CO)C(O)C(O)C7O)C(C)(C(=O)O)C6CCC5(C)C3(CO)CC4)C(OC3OC(C)C(OC4OCC(OC5OC(CO)C(O)C(OC6OC(C)C(O)C(O)C6O)C5O)C(O)C4O)C(O)C3O)C2O)cc1. The van der Waals surface area contributed by atoms with E-state index in [-0.39, 0.29) is 38.7 Å². The number of ether oxygens (including phenoxy) is 14. The highest BCUT2D eigenvalue weighted by Gasteiger charge is 2.74. The summed E-state index contributed by atoms with van der Waals surface area (Å²) in [6, 6.07) is 6.71. The number of esters is 2. The molecule has 10 fully saturated rings. The summed E-state index contributed by atoms with van der Waals surface area (Å²) >= 11 is 0. The average molecular weight is 1570 g/mol. The molecule has 39 unspecified atom stereocenters. The largest absolute Gasteiger partial charge is 0.497 e. The van der Waals surface area contributed by atoms with E-state index < -0.39 is 278 Å². The summed E-state index contributed by atoms with van der Waals surface area (Å²) in [6.45, 7) is 11.2. The van der Waals surface area contributed by atoms with E-state index in [4.69, 9.17) is 66.3 Å². The van der Waals surface area contributed by atoms with Gasteiger partial charge >= 0.3 is 17.9 Å². The maximum absolute atomic E-state index is 16.0. The molecule has 5 aliphatic carbocycles. The van der Waals surface area contributed by atoms with Crippen LogP contribution in [-0.2, 0) is 76.0 Å². The number of hydrogen-bond donors (Lipinski definition) is 18. The molecule has 6 saturated heterocycles. The summed E-state index contributed by atoms with van der Waals surface area (Å²) in [5.74, 6) is -4.18. The zero-order valence-corrected chi connectivity index (χ0v) is 62.9. The number of carboxylic acids is 1. The Morgan fingerprint density at radius 3 is 1.73 bits per heavy atom. The number of fused-ring (bicyclic) bond motifs is 7. The number of carboxylic acid groups (broad SMARTS) is 1. The van der Waals surface area contributed by atoms with Crippen molar-refractivity contribution in [2.45, 2.75) is 304 Å². The first kappa shape index (κ1) is 85.2. The van der Waals surface area contributed by atoms with Gasteiger partial charge in [0.05, 0.1) is 68.8 Å². The van der Waals surface area contributed by atoms with Gasteiger partial charge in [0.1, 0.15) is 122 Å². The number of carbonyl (C=O) groups is 3. The number of methoxy groups -OCH3 is 1. The van der Waals surface area contributed by atoms with Crippen LogP contribution in [0.5, 0.6) is 5.75 Å². The van der Waals surface area contributed by atoms with Gasteiger partial charge in [-0.2, -0.15) is 0 Å². The normalized spacial score (nSPS) is 50.2. The Bertz CT molecular complexity index is 3420. The van der Waals surface area contributed by atoms with Gasteiger partial charge in [-0.05, 0) is 143 Å². The summed E-state index contributed by atoms with van der Waals surface area (Å²) < 4.78 is 83.1. The van der Waals surface area contributed by atoms with Crippen molar-refractivity contribution in [1.82, 2.24) is 0 Å². The lowest BCUT2D eigenvalue weighted by Gasteiger charge is -2.71. The quantitative estimate of drug-likeness (QED) is 0.0262. The van der Waals surface area contributed by atoms with Crippen molar-refractivity contribution in [3.63, 3.8) is 0 Å². The molecule has 0 bridgehead atoms. The lowest BCUT2D eigenvalue weighted by molar-refractivity contribution is -0.383. The minimum Gasteiger partial charge on any atom is -0.497 e. The molecule has 0 amide bonds. The lowest BCUT2D eigenvalue weighted by Crippen LogP contribution is -2.71. The van der Waals surface area contributed by atoms with Crippen LogP contribution >= 0.6 is 0 Å². The summed E-state index contributed by atoms with van der Waals surface area (Å²) in [4.78, 5) is 43.7. The molecule has 622 valence electrons. The minimum atomic E-state index is -2.11. The molecule has 0 aromatic heterocycles. The number of benzene rings is 1. The number of aliphatic hydroxyl groups excluding tert-OH is 17. The van der Waals surface area contributed by atoms with E-state index in [1.165, 1.54) is 40.9 Å². The molecule has 12 rings (SSSR count). The molecule has 4 saturated carbocycles. The maximum atomic E-state index is 16.0. The number of hydrogen-bond acceptors (Lipinski definition) is 34. The van der Waals surface area contributed by atoms with Gasteiger partial charge in [-0.1, -0.05) is 51.5 Å². The Labute approximate surface area is 635 Å². The second kappa shape index (κ2) is 32.7. The van der Waals surface area contributed by atoms with E-state index in [2.05, 4.69) is 26.8 Å². The Kier molecular flexibility index (Phi) is 25.3. The predicted molar refractivity (Wildman–Crippen MR) is 368 cm³/mol. The van der Waals surface area contributed by atoms with Gasteiger partial charge in [0.2, 0.25) is 6.29 Å². The third kappa shape index (κ3) is 15.0. The highest BCUT2D eigenvalue weighted by molar-refractivity contribution is 5.87. The zero-order valence-electron chi connectivity index (χ0n) is 62.9. The smallest absolute Gasteiger partial charge is 0.331 e. The molecular weight excluding hydrogens is 1460 g/mol. The monoisotopic (exact) mass is 1570 g/mol. The van der Waals surface area contributed by atoms with E-state index in [9.17, 15) is 102 Å². The Morgan fingerprint density at radius 2 is 1.09 bits per heavy atom. The molecule has 35 nitrogen and oxygen atoms in total. The molecule has 35 heteroatoms. The highest BCUT2D eigenvalue weighted by atomic mass is 16.8. The Balaban J connectivity index is 0.772.